The second kappa shape index (κ2) is 6.67. The van der Waals surface area contributed by atoms with Crippen LogP contribution < -0.4 is 20.1 Å². The number of hydrogen-bond donors (Lipinski definition) is 2. The maximum Gasteiger partial charge on any atom is 0.229 e. The zero-order valence-electron chi connectivity index (χ0n) is 11.9. The van der Waals surface area contributed by atoms with Crippen LogP contribution in [0.3, 0.4) is 0 Å². The number of piperidine rings is 1. The average molecular weight is 313 g/mol. The summed E-state index contributed by atoms with van der Waals surface area (Å²) in [5, 5.41) is 5.88. The molecule has 1 heterocycles. The zero-order chi connectivity index (χ0) is 15.4. The first-order valence-electron chi connectivity index (χ1n) is 6.54. The average Bonchev–Trinajstić information content (AvgIpc) is 2.49. The van der Waals surface area contributed by atoms with Gasteiger partial charge in [0.15, 0.2) is 0 Å². The Morgan fingerprint density at radius 2 is 2.05 bits per heavy atom. The third-order valence-corrected chi connectivity index (χ3v) is 3.66. The molecule has 1 aromatic rings. The molecule has 114 valence electrons. The third-order valence-electron chi connectivity index (χ3n) is 3.37. The van der Waals surface area contributed by atoms with Crippen LogP contribution in [0.15, 0.2) is 12.1 Å². The SMILES string of the molecule is COc1cc(NC(=O)C2CCC(=O)NC2)c(OC)cc1Cl. The molecule has 0 aromatic heterocycles. The summed E-state index contributed by atoms with van der Waals surface area (Å²) >= 11 is 6.02. The Morgan fingerprint density at radius 3 is 2.62 bits per heavy atom. The van der Waals surface area contributed by atoms with Gasteiger partial charge in [0.25, 0.3) is 0 Å². The van der Waals surface area contributed by atoms with Gasteiger partial charge in [-0.15, -0.1) is 0 Å². The minimum Gasteiger partial charge on any atom is -0.495 e. The van der Waals surface area contributed by atoms with Gasteiger partial charge < -0.3 is 20.1 Å². The van der Waals surface area contributed by atoms with Crippen LogP contribution in [0.25, 0.3) is 0 Å². The van der Waals surface area contributed by atoms with Gasteiger partial charge in [-0.25, -0.2) is 0 Å². The number of nitrogens with one attached hydrogen (secondary N) is 2. The molecule has 0 saturated carbocycles. The van der Waals surface area contributed by atoms with Crippen molar-refractivity contribution in [3.05, 3.63) is 17.2 Å². The fourth-order valence-electron chi connectivity index (χ4n) is 2.15. The maximum atomic E-state index is 12.2. The van der Waals surface area contributed by atoms with Gasteiger partial charge in [0, 0.05) is 25.1 Å². The van der Waals surface area contributed by atoms with Crippen molar-refractivity contribution in [1.29, 1.82) is 0 Å². The largest absolute Gasteiger partial charge is 0.495 e. The van der Waals surface area contributed by atoms with Crippen molar-refractivity contribution in [3.8, 4) is 11.5 Å². The standard InChI is InChI=1S/C14H17ClN2O4/c1-20-11-6-10(12(21-2)5-9(11)15)17-14(19)8-3-4-13(18)16-7-8/h5-6,8H,3-4,7H2,1-2H3,(H,16,18)(H,17,19). The van der Waals surface area contributed by atoms with Crippen LogP contribution in [0.2, 0.25) is 5.02 Å². The molecule has 21 heavy (non-hydrogen) atoms. The first kappa shape index (κ1) is 15.4. The minimum atomic E-state index is -0.255. The summed E-state index contributed by atoms with van der Waals surface area (Å²) < 4.78 is 10.3. The summed E-state index contributed by atoms with van der Waals surface area (Å²) in [5.41, 5.74) is 0.487. The van der Waals surface area contributed by atoms with Crippen molar-refractivity contribution in [2.45, 2.75) is 12.8 Å². The highest BCUT2D eigenvalue weighted by Gasteiger charge is 2.25. The molecule has 1 aromatic carbocycles. The van der Waals surface area contributed by atoms with E-state index in [-0.39, 0.29) is 17.7 Å². The van der Waals surface area contributed by atoms with E-state index < -0.39 is 0 Å². The monoisotopic (exact) mass is 312 g/mol. The number of benzene rings is 1. The van der Waals surface area contributed by atoms with Gasteiger partial charge in [-0.3, -0.25) is 9.59 Å². The minimum absolute atomic E-state index is 0.0233. The number of carbonyl (C=O) groups is 2. The zero-order valence-corrected chi connectivity index (χ0v) is 12.6. The van der Waals surface area contributed by atoms with E-state index >= 15 is 0 Å². The quantitative estimate of drug-likeness (QED) is 0.889. The van der Waals surface area contributed by atoms with Gasteiger partial charge in [0.05, 0.1) is 30.8 Å². The van der Waals surface area contributed by atoms with Gasteiger partial charge >= 0.3 is 0 Å². The van der Waals surface area contributed by atoms with Crippen LogP contribution in [0.4, 0.5) is 5.69 Å². The van der Waals surface area contributed by atoms with Gasteiger partial charge in [-0.05, 0) is 6.42 Å². The molecule has 1 saturated heterocycles. The predicted octanol–water partition coefficient (Wildman–Crippen LogP) is 1.82. The molecule has 1 unspecified atom stereocenters. The molecule has 2 amide bonds. The van der Waals surface area contributed by atoms with E-state index in [0.717, 1.165) is 0 Å². The first-order chi connectivity index (χ1) is 10.0. The molecule has 0 spiro atoms. The van der Waals surface area contributed by atoms with Crippen LogP contribution in [-0.4, -0.2) is 32.6 Å². The smallest absolute Gasteiger partial charge is 0.229 e. The van der Waals surface area contributed by atoms with E-state index in [9.17, 15) is 9.59 Å². The van der Waals surface area contributed by atoms with Crippen molar-refractivity contribution < 1.29 is 19.1 Å². The lowest BCUT2D eigenvalue weighted by Crippen LogP contribution is -2.40. The second-order valence-electron chi connectivity index (χ2n) is 4.72. The van der Waals surface area contributed by atoms with Gasteiger partial charge in [-0.2, -0.15) is 0 Å². The molecule has 1 fully saturated rings. The van der Waals surface area contributed by atoms with E-state index in [4.69, 9.17) is 21.1 Å². The molecule has 1 aliphatic heterocycles. The Morgan fingerprint density at radius 1 is 1.33 bits per heavy atom. The Labute approximate surface area is 127 Å². The van der Waals surface area contributed by atoms with Crippen molar-refractivity contribution in [2.75, 3.05) is 26.1 Å². The molecular formula is C14H17ClN2O4. The molecule has 0 aliphatic carbocycles. The lowest BCUT2D eigenvalue weighted by molar-refractivity contribution is -0.126. The van der Waals surface area contributed by atoms with E-state index in [2.05, 4.69) is 10.6 Å². The van der Waals surface area contributed by atoms with Crippen LogP contribution in [0.1, 0.15) is 12.8 Å². The van der Waals surface area contributed by atoms with Crippen LogP contribution in [0, 0.1) is 5.92 Å². The number of halogens is 1. The Bertz CT molecular complexity index is 552. The summed E-state index contributed by atoms with van der Waals surface area (Å²) in [6, 6.07) is 3.19. The molecular weight excluding hydrogens is 296 g/mol. The van der Waals surface area contributed by atoms with Gasteiger partial charge in [-0.1, -0.05) is 11.6 Å². The molecule has 0 bridgehead atoms. The fraction of sp³-hybridized carbons (Fsp3) is 0.429. The highest BCUT2D eigenvalue weighted by Crippen LogP contribution is 2.36. The normalized spacial score (nSPS) is 17.9. The van der Waals surface area contributed by atoms with Crippen molar-refractivity contribution in [2.24, 2.45) is 5.92 Å². The summed E-state index contributed by atoms with van der Waals surface area (Å²) in [6.45, 7) is 0.345. The van der Waals surface area contributed by atoms with Crippen LogP contribution >= 0.6 is 11.6 Å². The Hall–Kier alpha value is -1.95. The first-order valence-corrected chi connectivity index (χ1v) is 6.92. The van der Waals surface area contributed by atoms with Gasteiger partial charge in [0.2, 0.25) is 11.8 Å². The Kier molecular flexibility index (Phi) is 4.90. The lowest BCUT2D eigenvalue weighted by atomic mass is 9.98. The number of methoxy groups -OCH3 is 2. The number of rotatable bonds is 4. The fourth-order valence-corrected chi connectivity index (χ4v) is 2.38. The number of ether oxygens (including phenoxy) is 2. The van der Waals surface area contributed by atoms with Crippen molar-refractivity contribution >= 4 is 29.1 Å². The third kappa shape index (κ3) is 3.58. The highest BCUT2D eigenvalue weighted by molar-refractivity contribution is 6.32. The highest BCUT2D eigenvalue weighted by atomic mass is 35.5. The van der Waals surface area contributed by atoms with E-state index in [1.807, 2.05) is 0 Å². The predicted molar refractivity (Wildman–Crippen MR) is 78.9 cm³/mol. The topological polar surface area (TPSA) is 76.7 Å². The molecule has 7 heteroatoms. The molecule has 2 N–H and O–H groups in total. The van der Waals surface area contributed by atoms with Crippen molar-refractivity contribution in [3.63, 3.8) is 0 Å². The number of anilines is 1. The second-order valence-corrected chi connectivity index (χ2v) is 5.12. The van der Waals surface area contributed by atoms with E-state index in [1.165, 1.54) is 14.2 Å². The molecule has 2 rings (SSSR count). The number of amides is 2. The number of carbonyl (C=O) groups excluding carboxylic acids is 2. The van der Waals surface area contributed by atoms with Crippen LogP contribution in [-0.2, 0) is 9.59 Å². The summed E-state index contributed by atoms with van der Waals surface area (Å²) in [6.07, 6.45) is 0.893. The van der Waals surface area contributed by atoms with Crippen LogP contribution in [0.5, 0.6) is 11.5 Å². The summed E-state index contributed by atoms with van der Waals surface area (Å²) in [7, 11) is 2.99. The number of hydrogen-bond acceptors (Lipinski definition) is 4. The molecule has 0 radical (unpaired) electrons. The summed E-state index contributed by atoms with van der Waals surface area (Å²) in [4.78, 5) is 23.4. The molecule has 1 atom stereocenters. The van der Waals surface area contributed by atoms with Gasteiger partial charge in [0.1, 0.15) is 11.5 Å². The molecule has 1 aliphatic rings. The van der Waals surface area contributed by atoms with E-state index in [0.29, 0.717) is 41.6 Å². The Balaban J connectivity index is 2.14. The molecule has 6 nitrogen and oxygen atoms in total. The summed E-state index contributed by atoms with van der Waals surface area (Å²) in [5.74, 6) is 0.454. The lowest BCUT2D eigenvalue weighted by Gasteiger charge is -2.22. The maximum absolute atomic E-state index is 12.2. The van der Waals surface area contributed by atoms with Crippen molar-refractivity contribution in [1.82, 2.24) is 5.32 Å². The van der Waals surface area contributed by atoms with E-state index in [1.54, 1.807) is 12.1 Å².